The maximum absolute atomic E-state index is 11.3. The molecule has 0 fully saturated rings. The SMILES string of the molecule is CCNCCC(=O)Nc1cc(Cl)ncn1. The highest BCUT2D eigenvalue weighted by Crippen LogP contribution is 2.08. The number of halogens is 1. The fourth-order valence-electron chi connectivity index (χ4n) is 0.986. The Morgan fingerprint density at radius 3 is 3.00 bits per heavy atom. The van der Waals surface area contributed by atoms with Crippen LogP contribution in [0.3, 0.4) is 0 Å². The average Bonchev–Trinajstić information content (AvgIpc) is 2.18. The first-order valence-corrected chi connectivity index (χ1v) is 5.08. The smallest absolute Gasteiger partial charge is 0.226 e. The van der Waals surface area contributed by atoms with E-state index in [-0.39, 0.29) is 5.91 Å². The summed E-state index contributed by atoms with van der Waals surface area (Å²) >= 11 is 5.64. The number of hydrogen-bond acceptors (Lipinski definition) is 4. The monoisotopic (exact) mass is 228 g/mol. The lowest BCUT2D eigenvalue weighted by atomic mass is 10.4. The van der Waals surface area contributed by atoms with Crippen molar-refractivity contribution in [3.8, 4) is 0 Å². The highest BCUT2D eigenvalue weighted by molar-refractivity contribution is 6.29. The molecule has 0 saturated heterocycles. The Hall–Kier alpha value is -1.20. The van der Waals surface area contributed by atoms with Crippen molar-refractivity contribution in [2.45, 2.75) is 13.3 Å². The summed E-state index contributed by atoms with van der Waals surface area (Å²) in [5.74, 6) is 0.335. The molecule has 6 heteroatoms. The molecular formula is C9H13ClN4O. The Kier molecular flexibility index (Phi) is 5.00. The van der Waals surface area contributed by atoms with Crippen LogP contribution >= 0.6 is 11.6 Å². The van der Waals surface area contributed by atoms with Crippen LogP contribution in [0.25, 0.3) is 0 Å². The third kappa shape index (κ3) is 4.71. The quantitative estimate of drug-likeness (QED) is 0.585. The van der Waals surface area contributed by atoms with Crippen molar-refractivity contribution >= 4 is 23.3 Å². The molecule has 15 heavy (non-hydrogen) atoms. The number of hydrogen-bond donors (Lipinski definition) is 2. The van der Waals surface area contributed by atoms with Crippen molar-refractivity contribution in [2.24, 2.45) is 0 Å². The van der Waals surface area contributed by atoms with E-state index < -0.39 is 0 Å². The highest BCUT2D eigenvalue weighted by atomic mass is 35.5. The first kappa shape index (κ1) is 11.9. The van der Waals surface area contributed by atoms with Crippen molar-refractivity contribution in [1.29, 1.82) is 0 Å². The third-order valence-electron chi connectivity index (χ3n) is 1.68. The van der Waals surface area contributed by atoms with Crippen LogP contribution in [-0.2, 0) is 4.79 Å². The molecule has 0 spiro atoms. The van der Waals surface area contributed by atoms with Crippen LogP contribution in [0.1, 0.15) is 13.3 Å². The van der Waals surface area contributed by atoms with E-state index in [0.717, 1.165) is 6.54 Å². The van der Waals surface area contributed by atoms with Crippen LogP contribution in [0.5, 0.6) is 0 Å². The van der Waals surface area contributed by atoms with Gasteiger partial charge in [0.15, 0.2) is 0 Å². The molecule has 1 aromatic heterocycles. The van der Waals surface area contributed by atoms with Gasteiger partial charge >= 0.3 is 0 Å². The number of nitrogens with zero attached hydrogens (tertiary/aromatic N) is 2. The molecular weight excluding hydrogens is 216 g/mol. The van der Waals surface area contributed by atoms with Crippen molar-refractivity contribution in [1.82, 2.24) is 15.3 Å². The van der Waals surface area contributed by atoms with Gasteiger partial charge in [0.25, 0.3) is 0 Å². The second-order valence-electron chi connectivity index (χ2n) is 2.88. The number of anilines is 1. The maximum atomic E-state index is 11.3. The van der Waals surface area contributed by atoms with Gasteiger partial charge in [0.2, 0.25) is 5.91 Å². The average molecular weight is 229 g/mol. The van der Waals surface area contributed by atoms with Crippen LogP contribution in [0.15, 0.2) is 12.4 Å². The number of carbonyl (C=O) groups is 1. The van der Waals surface area contributed by atoms with Gasteiger partial charge < -0.3 is 10.6 Å². The van der Waals surface area contributed by atoms with Gasteiger partial charge in [-0.2, -0.15) is 0 Å². The molecule has 0 aliphatic rings. The van der Waals surface area contributed by atoms with Crippen LogP contribution in [0, 0.1) is 0 Å². The molecule has 0 radical (unpaired) electrons. The molecule has 82 valence electrons. The molecule has 1 amide bonds. The Morgan fingerprint density at radius 2 is 2.33 bits per heavy atom. The summed E-state index contributed by atoms with van der Waals surface area (Å²) in [6.07, 6.45) is 1.72. The Bertz CT molecular complexity index is 332. The Labute approximate surface area is 93.3 Å². The molecule has 0 unspecified atom stereocenters. The Morgan fingerprint density at radius 1 is 1.53 bits per heavy atom. The van der Waals surface area contributed by atoms with Gasteiger partial charge in [-0.3, -0.25) is 4.79 Å². The molecule has 0 aromatic carbocycles. The summed E-state index contributed by atoms with van der Waals surface area (Å²) in [4.78, 5) is 18.9. The van der Waals surface area contributed by atoms with Crippen LogP contribution in [0.4, 0.5) is 5.82 Å². The Balaban J connectivity index is 2.37. The van der Waals surface area contributed by atoms with E-state index in [1.807, 2.05) is 6.92 Å². The number of carbonyl (C=O) groups excluding carboxylic acids is 1. The molecule has 0 saturated carbocycles. The van der Waals surface area contributed by atoms with Gasteiger partial charge in [0.05, 0.1) is 0 Å². The summed E-state index contributed by atoms with van der Waals surface area (Å²) in [6.45, 7) is 3.50. The van der Waals surface area contributed by atoms with Crippen molar-refractivity contribution in [3.05, 3.63) is 17.5 Å². The zero-order valence-electron chi connectivity index (χ0n) is 8.46. The predicted octanol–water partition coefficient (Wildman–Crippen LogP) is 1.07. The third-order valence-corrected chi connectivity index (χ3v) is 1.89. The summed E-state index contributed by atoms with van der Waals surface area (Å²) in [7, 11) is 0. The number of amides is 1. The zero-order chi connectivity index (χ0) is 11.1. The molecule has 0 aliphatic heterocycles. The predicted molar refractivity (Wildman–Crippen MR) is 58.8 cm³/mol. The molecule has 1 heterocycles. The summed E-state index contributed by atoms with van der Waals surface area (Å²) in [6, 6.07) is 1.51. The van der Waals surface area contributed by atoms with E-state index >= 15 is 0 Å². The minimum Gasteiger partial charge on any atom is -0.316 e. The van der Waals surface area contributed by atoms with Gasteiger partial charge in [0.1, 0.15) is 17.3 Å². The van der Waals surface area contributed by atoms with E-state index in [0.29, 0.717) is 23.9 Å². The van der Waals surface area contributed by atoms with Gasteiger partial charge in [0, 0.05) is 19.0 Å². The largest absolute Gasteiger partial charge is 0.316 e. The second-order valence-corrected chi connectivity index (χ2v) is 3.26. The second kappa shape index (κ2) is 6.31. The summed E-state index contributed by atoms with van der Waals surface area (Å²) in [5, 5.41) is 6.00. The molecule has 1 aromatic rings. The fourth-order valence-corrected chi connectivity index (χ4v) is 1.13. The van der Waals surface area contributed by atoms with Gasteiger partial charge in [-0.15, -0.1) is 0 Å². The van der Waals surface area contributed by atoms with Crippen LogP contribution < -0.4 is 10.6 Å². The number of rotatable bonds is 5. The van der Waals surface area contributed by atoms with Gasteiger partial charge in [-0.05, 0) is 6.54 Å². The van der Waals surface area contributed by atoms with E-state index in [9.17, 15) is 4.79 Å². The van der Waals surface area contributed by atoms with Gasteiger partial charge in [-0.1, -0.05) is 18.5 Å². The van der Waals surface area contributed by atoms with Crippen LogP contribution in [0.2, 0.25) is 5.15 Å². The van der Waals surface area contributed by atoms with E-state index in [4.69, 9.17) is 11.6 Å². The molecule has 5 nitrogen and oxygen atoms in total. The first-order valence-electron chi connectivity index (χ1n) is 4.70. The normalized spacial score (nSPS) is 10.0. The topological polar surface area (TPSA) is 66.9 Å². The van der Waals surface area contributed by atoms with Crippen molar-refractivity contribution in [2.75, 3.05) is 18.4 Å². The maximum Gasteiger partial charge on any atom is 0.226 e. The lowest BCUT2D eigenvalue weighted by Gasteiger charge is -2.04. The molecule has 0 aliphatic carbocycles. The minimum atomic E-state index is -0.0919. The fraction of sp³-hybridized carbons (Fsp3) is 0.444. The van der Waals surface area contributed by atoms with Crippen molar-refractivity contribution < 1.29 is 4.79 Å². The van der Waals surface area contributed by atoms with E-state index in [1.165, 1.54) is 12.4 Å². The molecule has 2 N–H and O–H groups in total. The first-order chi connectivity index (χ1) is 7.22. The van der Waals surface area contributed by atoms with Crippen molar-refractivity contribution in [3.63, 3.8) is 0 Å². The highest BCUT2D eigenvalue weighted by Gasteiger charge is 2.02. The van der Waals surface area contributed by atoms with E-state index in [2.05, 4.69) is 20.6 Å². The van der Waals surface area contributed by atoms with E-state index in [1.54, 1.807) is 0 Å². The molecule has 0 bridgehead atoms. The summed E-state index contributed by atoms with van der Waals surface area (Å²) < 4.78 is 0. The summed E-state index contributed by atoms with van der Waals surface area (Å²) in [5.41, 5.74) is 0. The molecule has 1 rings (SSSR count). The standard InChI is InChI=1S/C9H13ClN4O/c1-2-11-4-3-9(15)14-8-5-7(10)12-6-13-8/h5-6,11H,2-4H2,1H3,(H,12,13,14,15). The minimum absolute atomic E-state index is 0.0919. The number of nitrogens with one attached hydrogen (secondary N) is 2. The lowest BCUT2D eigenvalue weighted by Crippen LogP contribution is -2.21. The lowest BCUT2D eigenvalue weighted by molar-refractivity contribution is -0.116. The van der Waals surface area contributed by atoms with Crippen LogP contribution in [-0.4, -0.2) is 29.0 Å². The zero-order valence-corrected chi connectivity index (χ0v) is 9.21. The number of aromatic nitrogens is 2. The van der Waals surface area contributed by atoms with Gasteiger partial charge in [-0.25, -0.2) is 9.97 Å². The molecule has 0 atom stereocenters.